The Bertz CT molecular complexity index is 352. The predicted octanol–water partition coefficient (Wildman–Crippen LogP) is 1.57. The fourth-order valence-electron chi connectivity index (χ4n) is 2.63. The number of aliphatic carboxylic acids is 1. The van der Waals surface area contributed by atoms with Crippen molar-refractivity contribution in [2.75, 3.05) is 39.3 Å². The fraction of sp³-hybridized carbons (Fsp3) is 0.867. The van der Waals surface area contributed by atoms with Gasteiger partial charge in [-0.2, -0.15) is 0 Å². The lowest BCUT2D eigenvalue weighted by Gasteiger charge is -2.39. The maximum atomic E-state index is 12.5. The fourth-order valence-corrected chi connectivity index (χ4v) is 2.63. The molecule has 1 N–H and O–H groups in total. The minimum Gasteiger partial charge on any atom is -0.480 e. The lowest BCUT2D eigenvalue weighted by atomic mass is 10.2. The van der Waals surface area contributed by atoms with Crippen LogP contribution >= 0.6 is 0 Å². The molecule has 0 aromatic heterocycles. The highest BCUT2D eigenvalue weighted by Gasteiger charge is 2.27. The first-order chi connectivity index (χ1) is 9.85. The van der Waals surface area contributed by atoms with Crippen molar-refractivity contribution in [3.8, 4) is 0 Å². The number of rotatable bonds is 6. The van der Waals surface area contributed by atoms with Crippen molar-refractivity contribution in [2.24, 2.45) is 5.92 Å². The molecule has 0 spiro atoms. The van der Waals surface area contributed by atoms with Crippen molar-refractivity contribution in [1.29, 1.82) is 0 Å². The van der Waals surface area contributed by atoms with E-state index in [1.165, 1.54) is 4.90 Å². The van der Waals surface area contributed by atoms with E-state index in [0.29, 0.717) is 25.7 Å². The van der Waals surface area contributed by atoms with Gasteiger partial charge in [-0.25, -0.2) is 4.79 Å². The van der Waals surface area contributed by atoms with E-state index in [4.69, 9.17) is 5.11 Å². The Kier molecular flexibility index (Phi) is 6.95. The Morgan fingerprint density at radius 2 is 1.71 bits per heavy atom. The second kappa shape index (κ2) is 8.22. The number of urea groups is 1. The van der Waals surface area contributed by atoms with Crippen molar-refractivity contribution in [3.05, 3.63) is 0 Å². The minimum absolute atomic E-state index is 0.144. The van der Waals surface area contributed by atoms with Crippen molar-refractivity contribution in [1.82, 2.24) is 14.7 Å². The van der Waals surface area contributed by atoms with Crippen LogP contribution in [0.3, 0.4) is 0 Å². The Labute approximate surface area is 127 Å². The van der Waals surface area contributed by atoms with Crippen LogP contribution in [-0.4, -0.2) is 77.1 Å². The average Bonchev–Trinajstić information content (AvgIpc) is 2.44. The summed E-state index contributed by atoms with van der Waals surface area (Å²) in [5.74, 6) is -0.697. The van der Waals surface area contributed by atoms with Gasteiger partial charge >= 0.3 is 12.0 Å². The molecule has 6 heteroatoms. The van der Waals surface area contributed by atoms with Crippen molar-refractivity contribution >= 4 is 12.0 Å². The summed E-state index contributed by atoms with van der Waals surface area (Å²) in [7, 11) is 0. The van der Waals surface area contributed by atoms with Crippen LogP contribution in [0.5, 0.6) is 0 Å². The summed E-state index contributed by atoms with van der Waals surface area (Å²) in [6.07, 6.45) is 1.10. The molecule has 1 atom stereocenters. The molecule has 0 aliphatic carbocycles. The number of carboxylic acid groups (broad SMARTS) is 1. The van der Waals surface area contributed by atoms with Gasteiger partial charge in [0.25, 0.3) is 0 Å². The Balaban J connectivity index is 2.58. The van der Waals surface area contributed by atoms with Gasteiger partial charge in [0, 0.05) is 38.8 Å². The Morgan fingerprint density at radius 3 is 2.14 bits per heavy atom. The summed E-state index contributed by atoms with van der Waals surface area (Å²) in [6, 6.07) is 0.392. The van der Waals surface area contributed by atoms with Crippen LogP contribution in [0.4, 0.5) is 4.79 Å². The van der Waals surface area contributed by atoms with Gasteiger partial charge in [0.15, 0.2) is 0 Å². The SMILES string of the molecule is CCC(C)N1CCN(C(=O)N(CC(=O)O)CC(C)C)CC1. The summed E-state index contributed by atoms with van der Waals surface area (Å²) < 4.78 is 0. The van der Waals surface area contributed by atoms with Crippen molar-refractivity contribution in [3.63, 3.8) is 0 Å². The first-order valence-corrected chi connectivity index (χ1v) is 7.84. The molecule has 0 aromatic rings. The van der Waals surface area contributed by atoms with Crippen LogP contribution in [0, 0.1) is 5.92 Å². The van der Waals surface area contributed by atoms with Gasteiger partial charge < -0.3 is 14.9 Å². The van der Waals surface area contributed by atoms with Crippen LogP contribution in [-0.2, 0) is 4.79 Å². The molecular formula is C15H29N3O3. The molecule has 0 radical (unpaired) electrons. The van der Waals surface area contributed by atoms with Crippen LogP contribution in [0.15, 0.2) is 0 Å². The van der Waals surface area contributed by atoms with E-state index in [1.807, 2.05) is 13.8 Å². The number of piperazine rings is 1. The standard InChI is InChI=1S/C15H29N3O3/c1-5-13(4)16-6-8-17(9-7-16)15(21)18(10-12(2)3)11-14(19)20/h12-13H,5-11H2,1-4H3,(H,19,20). The number of carbonyl (C=O) groups excluding carboxylic acids is 1. The van der Waals surface area contributed by atoms with Crippen molar-refractivity contribution < 1.29 is 14.7 Å². The maximum absolute atomic E-state index is 12.5. The number of amides is 2. The number of hydrogen-bond acceptors (Lipinski definition) is 3. The highest BCUT2D eigenvalue weighted by atomic mass is 16.4. The second-order valence-corrected chi connectivity index (χ2v) is 6.23. The molecule has 1 rings (SSSR count). The van der Waals surface area contributed by atoms with Gasteiger partial charge in [-0.1, -0.05) is 20.8 Å². The lowest BCUT2D eigenvalue weighted by molar-refractivity contribution is -0.137. The van der Waals surface area contributed by atoms with E-state index in [-0.39, 0.29) is 18.5 Å². The zero-order chi connectivity index (χ0) is 16.0. The van der Waals surface area contributed by atoms with Crippen LogP contribution in [0.25, 0.3) is 0 Å². The van der Waals surface area contributed by atoms with Gasteiger partial charge in [-0.15, -0.1) is 0 Å². The van der Waals surface area contributed by atoms with Crippen LogP contribution in [0.2, 0.25) is 0 Å². The van der Waals surface area contributed by atoms with Crippen LogP contribution in [0.1, 0.15) is 34.1 Å². The monoisotopic (exact) mass is 299 g/mol. The molecule has 1 saturated heterocycles. The molecule has 1 heterocycles. The van der Waals surface area contributed by atoms with E-state index in [9.17, 15) is 9.59 Å². The van der Waals surface area contributed by atoms with E-state index in [2.05, 4.69) is 18.7 Å². The van der Waals surface area contributed by atoms with Crippen LogP contribution < -0.4 is 0 Å². The zero-order valence-corrected chi connectivity index (χ0v) is 13.7. The quantitative estimate of drug-likeness (QED) is 0.808. The first kappa shape index (κ1) is 17.8. The van der Waals surface area contributed by atoms with E-state index >= 15 is 0 Å². The summed E-state index contributed by atoms with van der Waals surface area (Å²) in [6.45, 7) is 11.7. The van der Waals surface area contributed by atoms with Gasteiger partial charge in [0.2, 0.25) is 0 Å². The van der Waals surface area contributed by atoms with Gasteiger partial charge in [-0.3, -0.25) is 9.69 Å². The molecule has 21 heavy (non-hydrogen) atoms. The molecule has 0 aromatic carbocycles. The highest BCUT2D eigenvalue weighted by molar-refractivity contribution is 5.80. The summed E-state index contributed by atoms with van der Waals surface area (Å²) in [4.78, 5) is 29.0. The molecule has 6 nitrogen and oxygen atoms in total. The minimum atomic E-state index is -0.956. The maximum Gasteiger partial charge on any atom is 0.323 e. The number of carboxylic acids is 1. The summed E-state index contributed by atoms with van der Waals surface area (Å²) in [5, 5.41) is 8.97. The smallest absolute Gasteiger partial charge is 0.323 e. The Morgan fingerprint density at radius 1 is 1.14 bits per heavy atom. The molecule has 122 valence electrons. The molecule has 1 aliphatic heterocycles. The molecule has 0 bridgehead atoms. The summed E-state index contributed by atoms with van der Waals surface area (Å²) >= 11 is 0. The Hall–Kier alpha value is -1.30. The van der Waals surface area contributed by atoms with E-state index in [1.54, 1.807) is 4.90 Å². The molecule has 1 fully saturated rings. The third kappa shape index (κ3) is 5.53. The molecule has 2 amide bonds. The highest BCUT2D eigenvalue weighted by Crippen LogP contribution is 2.11. The zero-order valence-electron chi connectivity index (χ0n) is 13.7. The molecule has 0 saturated carbocycles. The molecule has 1 aliphatic rings. The second-order valence-electron chi connectivity index (χ2n) is 6.23. The van der Waals surface area contributed by atoms with E-state index < -0.39 is 5.97 Å². The molecular weight excluding hydrogens is 270 g/mol. The normalized spacial score (nSPS) is 17.9. The molecule has 1 unspecified atom stereocenters. The van der Waals surface area contributed by atoms with Gasteiger partial charge in [0.1, 0.15) is 6.54 Å². The number of carbonyl (C=O) groups is 2. The van der Waals surface area contributed by atoms with E-state index in [0.717, 1.165) is 19.5 Å². The number of nitrogens with zero attached hydrogens (tertiary/aromatic N) is 3. The number of hydrogen-bond donors (Lipinski definition) is 1. The van der Waals surface area contributed by atoms with Crippen molar-refractivity contribution in [2.45, 2.75) is 40.2 Å². The third-order valence-corrected chi connectivity index (χ3v) is 3.98. The van der Waals surface area contributed by atoms with Gasteiger partial charge in [-0.05, 0) is 19.3 Å². The average molecular weight is 299 g/mol. The third-order valence-electron chi connectivity index (χ3n) is 3.98. The lowest BCUT2D eigenvalue weighted by Crippen LogP contribution is -2.55. The van der Waals surface area contributed by atoms with Gasteiger partial charge in [0.05, 0.1) is 0 Å². The first-order valence-electron chi connectivity index (χ1n) is 7.84. The summed E-state index contributed by atoms with van der Waals surface area (Å²) in [5.41, 5.74) is 0. The predicted molar refractivity (Wildman–Crippen MR) is 82.3 cm³/mol. The topological polar surface area (TPSA) is 64.1 Å². The largest absolute Gasteiger partial charge is 0.480 e.